The first-order chi connectivity index (χ1) is 9.97. The second kappa shape index (κ2) is 5.30. The summed E-state index contributed by atoms with van der Waals surface area (Å²) in [5, 5.41) is 3.25. The zero-order valence-electron chi connectivity index (χ0n) is 12.0. The van der Waals surface area contributed by atoms with Crippen LogP contribution in [0, 0.1) is 12.3 Å². The molecule has 6 heteroatoms. The molecular weight excluding hydrogens is 290 g/mol. The predicted octanol–water partition coefficient (Wildman–Crippen LogP) is 1.79. The number of nitrogens with zero attached hydrogens (tertiary/aromatic N) is 2. The van der Waals surface area contributed by atoms with Crippen LogP contribution in [0.4, 0.5) is 0 Å². The summed E-state index contributed by atoms with van der Waals surface area (Å²) in [5.41, 5.74) is 1.38. The molecule has 2 amide bonds. The summed E-state index contributed by atoms with van der Waals surface area (Å²) in [6.07, 6.45) is 2.33. The minimum Gasteiger partial charge on any atom is -0.356 e. The minimum atomic E-state index is -0.00506. The van der Waals surface area contributed by atoms with Gasteiger partial charge in [-0.3, -0.25) is 9.59 Å². The molecule has 1 N–H and O–H groups in total. The van der Waals surface area contributed by atoms with E-state index >= 15 is 0 Å². The molecule has 5 nitrogen and oxygen atoms in total. The van der Waals surface area contributed by atoms with Crippen molar-refractivity contribution < 1.29 is 9.59 Å². The molecular formula is C15H18ClN3O2. The maximum atomic E-state index is 12.5. The largest absolute Gasteiger partial charge is 0.356 e. The van der Waals surface area contributed by atoms with E-state index in [1.165, 1.54) is 0 Å². The Balaban J connectivity index is 1.69. The van der Waals surface area contributed by atoms with Crippen LogP contribution in [-0.2, 0) is 4.79 Å². The first-order valence-corrected chi connectivity index (χ1v) is 7.55. The van der Waals surface area contributed by atoms with E-state index in [1.54, 1.807) is 12.1 Å². The van der Waals surface area contributed by atoms with Crippen molar-refractivity contribution in [2.45, 2.75) is 26.2 Å². The van der Waals surface area contributed by atoms with Crippen LogP contribution in [0.5, 0.6) is 0 Å². The number of aromatic nitrogens is 1. The Labute approximate surface area is 128 Å². The molecule has 3 rings (SSSR count). The number of pyridine rings is 1. The van der Waals surface area contributed by atoms with Crippen LogP contribution in [0.1, 0.15) is 35.3 Å². The van der Waals surface area contributed by atoms with Crippen LogP contribution >= 0.6 is 11.6 Å². The van der Waals surface area contributed by atoms with Gasteiger partial charge < -0.3 is 10.2 Å². The molecule has 112 valence electrons. The number of nitrogens with one attached hydrogen (secondary N) is 1. The molecule has 0 unspecified atom stereocenters. The molecule has 2 aliphatic heterocycles. The normalized spacial score (nSPS) is 20.7. The highest BCUT2D eigenvalue weighted by atomic mass is 35.5. The van der Waals surface area contributed by atoms with Crippen LogP contribution in [0.3, 0.4) is 0 Å². The van der Waals surface area contributed by atoms with Gasteiger partial charge in [0.05, 0.1) is 0 Å². The number of hydrogen-bond acceptors (Lipinski definition) is 3. The lowest BCUT2D eigenvalue weighted by molar-refractivity contribution is -0.119. The molecule has 0 bridgehead atoms. The van der Waals surface area contributed by atoms with Crippen LogP contribution in [0.15, 0.2) is 12.1 Å². The number of amides is 2. The highest BCUT2D eigenvalue weighted by Crippen LogP contribution is 2.37. The molecule has 0 radical (unpaired) electrons. The number of halogens is 1. The van der Waals surface area contributed by atoms with E-state index in [9.17, 15) is 9.59 Å². The lowest BCUT2D eigenvalue weighted by Gasteiger charge is -2.38. The quantitative estimate of drug-likeness (QED) is 0.805. The van der Waals surface area contributed by atoms with Crippen molar-refractivity contribution in [3.05, 3.63) is 28.5 Å². The van der Waals surface area contributed by atoms with Gasteiger partial charge in [0.1, 0.15) is 5.15 Å². The van der Waals surface area contributed by atoms with Crippen molar-refractivity contribution in [2.24, 2.45) is 5.41 Å². The number of likely N-dealkylation sites (tertiary alicyclic amines) is 1. The smallest absolute Gasteiger partial charge is 0.254 e. The average Bonchev–Trinajstić information content (AvgIpc) is 2.79. The maximum Gasteiger partial charge on any atom is 0.254 e. The second-order valence-electron chi connectivity index (χ2n) is 6.07. The van der Waals surface area contributed by atoms with E-state index in [-0.39, 0.29) is 17.2 Å². The fraction of sp³-hybridized carbons (Fsp3) is 0.533. The highest BCUT2D eigenvalue weighted by molar-refractivity contribution is 6.29. The molecule has 2 saturated heterocycles. The van der Waals surface area contributed by atoms with Gasteiger partial charge in [-0.2, -0.15) is 0 Å². The second-order valence-corrected chi connectivity index (χ2v) is 6.45. The Hall–Kier alpha value is -1.62. The van der Waals surface area contributed by atoms with Crippen molar-refractivity contribution in [3.63, 3.8) is 0 Å². The molecule has 1 aromatic rings. The Morgan fingerprint density at radius 3 is 2.67 bits per heavy atom. The number of rotatable bonds is 1. The zero-order chi connectivity index (χ0) is 15.0. The van der Waals surface area contributed by atoms with Gasteiger partial charge in [0.25, 0.3) is 5.91 Å². The van der Waals surface area contributed by atoms with E-state index in [0.29, 0.717) is 30.2 Å². The molecule has 0 aromatic carbocycles. The van der Waals surface area contributed by atoms with Crippen LogP contribution in [0.25, 0.3) is 0 Å². The highest BCUT2D eigenvalue weighted by Gasteiger charge is 2.41. The van der Waals surface area contributed by atoms with Gasteiger partial charge in [0.2, 0.25) is 5.91 Å². The number of aryl methyl sites for hydroxylation is 1. The third-order valence-electron chi connectivity index (χ3n) is 4.48. The standard InChI is InChI=1S/C15H18ClN3O2/c1-10-6-11(7-12(16)18-10)14(21)19-4-2-15(3-5-19)8-13(20)17-9-15/h6-7H,2-5,8-9H2,1H3,(H,17,20). The summed E-state index contributed by atoms with van der Waals surface area (Å²) >= 11 is 5.92. The average molecular weight is 308 g/mol. The summed E-state index contributed by atoms with van der Waals surface area (Å²) in [7, 11) is 0. The number of hydrogen-bond donors (Lipinski definition) is 1. The summed E-state index contributed by atoms with van der Waals surface area (Å²) in [4.78, 5) is 29.9. The number of carbonyl (C=O) groups excluding carboxylic acids is 2. The third kappa shape index (κ3) is 2.88. The number of piperidine rings is 1. The van der Waals surface area contributed by atoms with Gasteiger partial charge in [0.15, 0.2) is 0 Å². The van der Waals surface area contributed by atoms with Gasteiger partial charge in [-0.05, 0) is 37.3 Å². The fourth-order valence-corrected chi connectivity index (χ4v) is 3.47. The van der Waals surface area contributed by atoms with Gasteiger partial charge in [-0.25, -0.2) is 4.98 Å². The predicted molar refractivity (Wildman–Crippen MR) is 79.2 cm³/mol. The third-order valence-corrected chi connectivity index (χ3v) is 4.67. The van der Waals surface area contributed by atoms with E-state index in [4.69, 9.17) is 11.6 Å². The Bertz CT molecular complexity index is 574. The van der Waals surface area contributed by atoms with Crippen LogP contribution in [0.2, 0.25) is 5.15 Å². The first kappa shape index (κ1) is 14.3. The molecule has 1 aromatic heterocycles. The van der Waals surface area contributed by atoms with Gasteiger partial charge in [-0.1, -0.05) is 11.6 Å². The van der Waals surface area contributed by atoms with E-state index in [2.05, 4.69) is 10.3 Å². The van der Waals surface area contributed by atoms with Crippen molar-refractivity contribution >= 4 is 23.4 Å². The van der Waals surface area contributed by atoms with E-state index < -0.39 is 0 Å². The van der Waals surface area contributed by atoms with Crippen LogP contribution < -0.4 is 5.32 Å². The maximum absolute atomic E-state index is 12.5. The SMILES string of the molecule is Cc1cc(C(=O)N2CCC3(CC2)CNC(=O)C3)cc(Cl)n1. The topological polar surface area (TPSA) is 62.3 Å². The van der Waals surface area contributed by atoms with E-state index in [0.717, 1.165) is 25.1 Å². The lowest BCUT2D eigenvalue weighted by atomic mass is 9.77. The molecule has 0 saturated carbocycles. The van der Waals surface area contributed by atoms with Crippen molar-refractivity contribution in [1.82, 2.24) is 15.2 Å². The Morgan fingerprint density at radius 2 is 2.10 bits per heavy atom. The van der Waals surface area contributed by atoms with Crippen molar-refractivity contribution in [1.29, 1.82) is 0 Å². The van der Waals surface area contributed by atoms with Gasteiger partial charge in [-0.15, -0.1) is 0 Å². The Kier molecular flexibility index (Phi) is 3.61. The molecule has 2 fully saturated rings. The Morgan fingerprint density at radius 1 is 1.38 bits per heavy atom. The molecule has 0 atom stereocenters. The molecule has 2 aliphatic rings. The van der Waals surface area contributed by atoms with E-state index in [1.807, 2.05) is 11.8 Å². The summed E-state index contributed by atoms with van der Waals surface area (Å²) in [6.45, 7) is 3.94. The summed E-state index contributed by atoms with van der Waals surface area (Å²) in [6, 6.07) is 3.38. The number of carbonyl (C=O) groups is 2. The van der Waals surface area contributed by atoms with Gasteiger partial charge >= 0.3 is 0 Å². The minimum absolute atomic E-state index is 0.00506. The zero-order valence-corrected chi connectivity index (χ0v) is 12.7. The summed E-state index contributed by atoms with van der Waals surface area (Å²) in [5.74, 6) is 0.126. The molecule has 0 aliphatic carbocycles. The molecule has 1 spiro atoms. The lowest BCUT2D eigenvalue weighted by Crippen LogP contribution is -2.44. The van der Waals surface area contributed by atoms with Crippen LogP contribution in [-0.4, -0.2) is 41.3 Å². The van der Waals surface area contributed by atoms with Crippen molar-refractivity contribution in [3.8, 4) is 0 Å². The monoisotopic (exact) mass is 307 g/mol. The molecule has 21 heavy (non-hydrogen) atoms. The van der Waals surface area contributed by atoms with Crippen molar-refractivity contribution in [2.75, 3.05) is 19.6 Å². The van der Waals surface area contributed by atoms with Gasteiger partial charge in [0, 0.05) is 37.3 Å². The summed E-state index contributed by atoms with van der Waals surface area (Å²) < 4.78 is 0. The first-order valence-electron chi connectivity index (χ1n) is 7.18. The molecule has 3 heterocycles. The fourth-order valence-electron chi connectivity index (χ4n) is 3.22.